The molecule has 0 unspecified atom stereocenters. The zero-order chi connectivity index (χ0) is 17.2. The number of piperidine rings is 1. The van der Waals surface area contributed by atoms with Gasteiger partial charge in [0, 0.05) is 18.5 Å². The Balaban J connectivity index is 0.000000593. The topological polar surface area (TPSA) is 122 Å². The van der Waals surface area contributed by atoms with E-state index in [0.29, 0.717) is 11.1 Å². The number of nitrogens with one attached hydrogen (secondary N) is 2. The number of carbonyl (C=O) groups is 3. The molecule has 1 aromatic carbocycles. The van der Waals surface area contributed by atoms with Crippen molar-refractivity contribution in [3.63, 3.8) is 0 Å². The maximum absolute atomic E-state index is 12.0. The zero-order valence-corrected chi connectivity index (χ0v) is 13.2. The van der Waals surface area contributed by atoms with Crippen molar-refractivity contribution in [2.24, 2.45) is 5.73 Å². The maximum Gasteiger partial charge on any atom is 0.300 e. The van der Waals surface area contributed by atoms with E-state index >= 15 is 0 Å². The van der Waals surface area contributed by atoms with E-state index < -0.39 is 11.9 Å². The summed E-state index contributed by atoms with van der Waals surface area (Å²) in [6.45, 7) is 2.95. The van der Waals surface area contributed by atoms with Crippen LogP contribution in [-0.2, 0) is 16.0 Å². The molecule has 0 atom stereocenters. The lowest BCUT2D eigenvalue weighted by atomic mass is 10.0. The molecule has 1 aliphatic heterocycles. The van der Waals surface area contributed by atoms with Crippen molar-refractivity contribution in [3.8, 4) is 0 Å². The first-order valence-electron chi connectivity index (χ1n) is 7.47. The van der Waals surface area contributed by atoms with Crippen LogP contribution in [0.25, 0.3) is 0 Å². The molecule has 1 aromatic rings. The van der Waals surface area contributed by atoms with Gasteiger partial charge in [0.1, 0.15) is 0 Å². The fourth-order valence-electron chi connectivity index (χ4n) is 2.33. The van der Waals surface area contributed by atoms with Gasteiger partial charge in [-0.3, -0.25) is 14.4 Å². The Morgan fingerprint density at radius 1 is 1.26 bits per heavy atom. The molecule has 7 nitrogen and oxygen atoms in total. The number of carbonyl (C=O) groups excluding carboxylic acids is 2. The van der Waals surface area contributed by atoms with Gasteiger partial charge in [0.25, 0.3) is 5.97 Å². The standard InChI is InChI=1S/C14H19N3O2.C2H4O2/c15-14(19)12-4-2-1-3-10(12)9-13(18)17-11-5-7-16-8-6-11;1-2(3)4/h1-4,11,16H,5-9H2,(H2,15,19)(H,17,18);1H3,(H,3,4). The summed E-state index contributed by atoms with van der Waals surface area (Å²) in [5.74, 6) is -1.38. The molecule has 0 radical (unpaired) electrons. The largest absolute Gasteiger partial charge is 0.481 e. The van der Waals surface area contributed by atoms with Crippen LogP contribution < -0.4 is 16.4 Å². The smallest absolute Gasteiger partial charge is 0.300 e. The molecule has 0 saturated carbocycles. The van der Waals surface area contributed by atoms with Gasteiger partial charge in [-0.1, -0.05) is 18.2 Å². The van der Waals surface area contributed by atoms with Crippen molar-refractivity contribution in [3.05, 3.63) is 35.4 Å². The van der Waals surface area contributed by atoms with Crippen LogP contribution in [0.15, 0.2) is 24.3 Å². The number of benzene rings is 1. The van der Waals surface area contributed by atoms with Gasteiger partial charge in [-0.25, -0.2) is 0 Å². The number of rotatable bonds is 4. The second-order valence-electron chi connectivity index (χ2n) is 5.31. The summed E-state index contributed by atoms with van der Waals surface area (Å²) in [7, 11) is 0. The van der Waals surface area contributed by atoms with Crippen LogP contribution in [0.3, 0.4) is 0 Å². The number of hydrogen-bond donors (Lipinski definition) is 4. The maximum atomic E-state index is 12.0. The molecule has 0 bridgehead atoms. The van der Waals surface area contributed by atoms with Crippen LogP contribution in [0.1, 0.15) is 35.7 Å². The summed E-state index contributed by atoms with van der Waals surface area (Å²) in [6.07, 6.45) is 2.09. The van der Waals surface area contributed by atoms with Crippen LogP contribution in [-0.4, -0.2) is 42.0 Å². The van der Waals surface area contributed by atoms with E-state index in [1.165, 1.54) is 0 Å². The van der Waals surface area contributed by atoms with E-state index in [1.807, 2.05) is 0 Å². The van der Waals surface area contributed by atoms with Crippen molar-refractivity contribution >= 4 is 17.8 Å². The van der Waals surface area contributed by atoms with Crippen molar-refractivity contribution in [1.29, 1.82) is 0 Å². The number of carboxylic acid groups (broad SMARTS) is 1. The van der Waals surface area contributed by atoms with E-state index in [4.69, 9.17) is 15.6 Å². The molecular formula is C16H23N3O4. The third-order valence-corrected chi connectivity index (χ3v) is 3.34. The molecule has 5 N–H and O–H groups in total. The monoisotopic (exact) mass is 321 g/mol. The predicted octanol–water partition coefficient (Wildman–Crippen LogP) is 0.287. The van der Waals surface area contributed by atoms with E-state index in [0.717, 1.165) is 32.9 Å². The van der Waals surface area contributed by atoms with E-state index in [9.17, 15) is 9.59 Å². The highest BCUT2D eigenvalue weighted by atomic mass is 16.4. The SMILES string of the molecule is CC(=O)O.NC(=O)c1ccccc1CC(=O)NC1CCNCC1. The molecule has 1 fully saturated rings. The Labute approximate surface area is 135 Å². The summed E-state index contributed by atoms with van der Waals surface area (Å²) in [4.78, 5) is 32.2. The Kier molecular flexibility index (Phi) is 7.76. The van der Waals surface area contributed by atoms with Gasteiger partial charge in [0.2, 0.25) is 11.8 Å². The van der Waals surface area contributed by atoms with Crippen LogP contribution >= 0.6 is 0 Å². The first-order chi connectivity index (χ1) is 10.9. The van der Waals surface area contributed by atoms with Gasteiger partial charge < -0.3 is 21.5 Å². The minimum atomic E-state index is -0.833. The fourth-order valence-corrected chi connectivity index (χ4v) is 2.33. The van der Waals surface area contributed by atoms with Gasteiger partial charge >= 0.3 is 0 Å². The summed E-state index contributed by atoms with van der Waals surface area (Å²) >= 11 is 0. The summed E-state index contributed by atoms with van der Waals surface area (Å²) < 4.78 is 0. The lowest BCUT2D eigenvalue weighted by molar-refractivity contribution is -0.134. The minimum absolute atomic E-state index is 0.0550. The minimum Gasteiger partial charge on any atom is -0.481 e. The Morgan fingerprint density at radius 2 is 1.83 bits per heavy atom. The molecule has 0 spiro atoms. The Bertz CT molecular complexity index is 550. The number of nitrogens with two attached hydrogens (primary N) is 1. The van der Waals surface area contributed by atoms with Crippen molar-refractivity contribution in [2.45, 2.75) is 32.2 Å². The van der Waals surface area contributed by atoms with Crippen LogP contribution in [0.5, 0.6) is 0 Å². The zero-order valence-electron chi connectivity index (χ0n) is 13.2. The molecule has 1 aliphatic rings. The van der Waals surface area contributed by atoms with Gasteiger partial charge in [-0.2, -0.15) is 0 Å². The molecule has 2 amide bonds. The average Bonchev–Trinajstić information content (AvgIpc) is 2.48. The molecule has 7 heteroatoms. The van der Waals surface area contributed by atoms with Crippen LogP contribution in [0.2, 0.25) is 0 Å². The lowest BCUT2D eigenvalue weighted by Gasteiger charge is -2.23. The average molecular weight is 321 g/mol. The fraction of sp³-hybridized carbons (Fsp3) is 0.438. The highest BCUT2D eigenvalue weighted by Crippen LogP contribution is 2.09. The number of primary amides is 1. The Hall–Kier alpha value is -2.41. The first kappa shape index (κ1) is 18.6. The molecular weight excluding hydrogens is 298 g/mol. The Morgan fingerprint density at radius 3 is 2.39 bits per heavy atom. The molecule has 2 rings (SSSR count). The van der Waals surface area contributed by atoms with Crippen molar-refractivity contribution in [1.82, 2.24) is 10.6 Å². The first-order valence-corrected chi connectivity index (χ1v) is 7.47. The quantitative estimate of drug-likeness (QED) is 0.635. The summed E-state index contributed by atoms with van der Waals surface area (Å²) in [5.41, 5.74) is 6.40. The third kappa shape index (κ3) is 7.42. The van der Waals surface area contributed by atoms with Gasteiger partial charge in [-0.05, 0) is 37.6 Å². The molecule has 0 aliphatic carbocycles. The van der Waals surface area contributed by atoms with Gasteiger partial charge in [0.15, 0.2) is 0 Å². The highest BCUT2D eigenvalue weighted by molar-refractivity contribution is 5.95. The molecule has 0 aromatic heterocycles. The number of amides is 2. The number of aliphatic carboxylic acids is 1. The number of hydrogen-bond acceptors (Lipinski definition) is 4. The lowest BCUT2D eigenvalue weighted by Crippen LogP contribution is -2.43. The van der Waals surface area contributed by atoms with Crippen LogP contribution in [0.4, 0.5) is 0 Å². The van der Waals surface area contributed by atoms with Crippen molar-refractivity contribution < 1.29 is 19.5 Å². The predicted molar refractivity (Wildman–Crippen MR) is 86.0 cm³/mol. The van der Waals surface area contributed by atoms with E-state index in [-0.39, 0.29) is 18.4 Å². The second kappa shape index (κ2) is 9.58. The highest BCUT2D eigenvalue weighted by Gasteiger charge is 2.17. The normalized spacial score (nSPS) is 14.3. The van der Waals surface area contributed by atoms with Crippen LogP contribution in [0, 0.1) is 0 Å². The number of carboxylic acids is 1. The molecule has 23 heavy (non-hydrogen) atoms. The van der Waals surface area contributed by atoms with Gasteiger partial charge in [-0.15, -0.1) is 0 Å². The third-order valence-electron chi connectivity index (χ3n) is 3.34. The molecule has 1 heterocycles. The van der Waals surface area contributed by atoms with Gasteiger partial charge in [0.05, 0.1) is 6.42 Å². The molecule has 126 valence electrons. The molecule has 1 saturated heterocycles. The second-order valence-corrected chi connectivity index (χ2v) is 5.31. The van der Waals surface area contributed by atoms with E-state index in [1.54, 1.807) is 24.3 Å². The van der Waals surface area contributed by atoms with Crippen molar-refractivity contribution in [2.75, 3.05) is 13.1 Å². The summed E-state index contributed by atoms with van der Waals surface area (Å²) in [5, 5.41) is 13.7. The summed E-state index contributed by atoms with van der Waals surface area (Å²) in [6, 6.07) is 7.19. The van der Waals surface area contributed by atoms with E-state index in [2.05, 4.69) is 10.6 Å².